The van der Waals surface area contributed by atoms with Crippen molar-refractivity contribution in [3.8, 4) is 5.75 Å². The number of benzene rings is 3. The Balaban J connectivity index is 1.52. The van der Waals surface area contributed by atoms with Crippen molar-refractivity contribution in [2.45, 2.75) is 11.8 Å². The molecular formula is C24H22N2O2. The molecule has 0 aromatic heterocycles. The van der Waals surface area contributed by atoms with Crippen molar-refractivity contribution in [1.82, 2.24) is 5.43 Å². The molecule has 1 fully saturated rings. The molecule has 4 heteroatoms. The van der Waals surface area contributed by atoms with Gasteiger partial charge >= 0.3 is 0 Å². The highest BCUT2D eigenvalue weighted by atomic mass is 16.5. The van der Waals surface area contributed by atoms with E-state index in [0.717, 1.165) is 28.9 Å². The molecule has 0 spiro atoms. The summed E-state index contributed by atoms with van der Waals surface area (Å²) in [6.07, 6.45) is 2.41. The maximum atomic E-state index is 12.8. The van der Waals surface area contributed by atoms with Crippen molar-refractivity contribution in [3.63, 3.8) is 0 Å². The van der Waals surface area contributed by atoms with Gasteiger partial charge in [-0.1, -0.05) is 72.8 Å². The van der Waals surface area contributed by atoms with E-state index in [1.807, 2.05) is 60.7 Å². The van der Waals surface area contributed by atoms with Crippen LogP contribution in [0.3, 0.4) is 0 Å². The zero-order valence-electron chi connectivity index (χ0n) is 15.7. The largest absolute Gasteiger partial charge is 0.497 e. The summed E-state index contributed by atoms with van der Waals surface area (Å²) >= 11 is 0. The summed E-state index contributed by atoms with van der Waals surface area (Å²) in [4.78, 5) is 12.8. The first-order chi connectivity index (χ1) is 13.7. The highest BCUT2D eigenvalue weighted by molar-refractivity contribution is 5.87. The van der Waals surface area contributed by atoms with Gasteiger partial charge < -0.3 is 4.74 Å². The SMILES string of the molecule is COc1cccc(/C=N\NC(=O)[C@H]2CC2(c2ccccc2)c2ccccc2)c1. The van der Waals surface area contributed by atoms with Crippen molar-refractivity contribution < 1.29 is 9.53 Å². The Morgan fingerprint density at radius 1 is 1.00 bits per heavy atom. The minimum absolute atomic E-state index is 0.0631. The Morgan fingerprint density at radius 2 is 1.64 bits per heavy atom. The van der Waals surface area contributed by atoms with Crippen molar-refractivity contribution in [1.29, 1.82) is 0 Å². The van der Waals surface area contributed by atoms with Gasteiger partial charge in [0.2, 0.25) is 5.91 Å². The number of ether oxygens (including phenoxy) is 1. The number of nitrogens with one attached hydrogen (secondary N) is 1. The number of hydrazone groups is 1. The predicted molar refractivity (Wildman–Crippen MR) is 111 cm³/mol. The van der Waals surface area contributed by atoms with Gasteiger partial charge in [-0.2, -0.15) is 5.10 Å². The monoisotopic (exact) mass is 370 g/mol. The van der Waals surface area contributed by atoms with E-state index in [-0.39, 0.29) is 17.2 Å². The summed E-state index contributed by atoms with van der Waals surface area (Å²) in [5, 5.41) is 4.15. The smallest absolute Gasteiger partial charge is 0.244 e. The summed E-state index contributed by atoms with van der Waals surface area (Å²) in [6.45, 7) is 0. The van der Waals surface area contributed by atoms with Crippen LogP contribution in [0, 0.1) is 5.92 Å². The van der Waals surface area contributed by atoms with Gasteiger partial charge in [-0.05, 0) is 35.2 Å². The fraction of sp³-hybridized carbons (Fsp3) is 0.167. The molecular weight excluding hydrogens is 348 g/mol. The summed E-state index contributed by atoms with van der Waals surface area (Å²) in [6, 6.07) is 28.0. The quantitative estimate of drug-likeness (QED) is 0.523. The third-order valence-electron chi connectivity index (χ3n) is 5.34. The third kappa shape index (κ3) is 3.41. The van der Waals surface area contributed by atoms with E-state index in [4.69, 9.17) is 4.74 Å². The zero-order valence-corrected chi connectivity index (χ0v) is 15.7. The summed E-state index contributed by atoms with van der Waals surface area (Å²) in [7, 11) is 1.62. The van der Waals surface area contributed by atoms with E-state index in [2.05, 4.69) is 34.8 Å². The first-order valence-electron chi connectivity index (χ1n) is 9.32. The molecule has 0 unspecified atom stereocenters. The van der Waals surface area contributed by atoms with Crippen LogP contribution in [0.2, 0.25) is 0 Å². The molecule has 1 N–H and O–H groups in total. The van der Waals surface area contributed by atoms with Crippen LogP contribution >= 0.6 is 0 Å². The fourth-order valence-corrected chi connectivity index (χ4v) is 3.83. The van der Waals surface area contributed by atoms with Crippen LogP contribution in [0.5, 0.6) is 5.75 Å². The number of hydrogen-bond acceptors (Lipinski definition) is 3. The molecule has 0 heterocycles. The van der Waals surface area contributed by atoms with Crippen LogP contribution in [0.1, 0.15) is 23.1 Å². The number of rotatable bonds is 6. The van der Waals surface area contributed by atoms with Crippen LogP contribution in [0.4, 0.5) is 0 Å². The molecule has 1 amide bonds. The summed E-state index contributed by atoms with van der Waals surface area (Å²) in [5.41, 5.74) is 5.63. The molecule has 4 rings (SSSR count). The molecule has 140 valence electrons. The lowest BCUT2D eigenvalue weighted by molar-refractivity contribution is -0.122. The Hall–Kier alpha value is -3.40. The molecule has 1 aliphatic carbocycles. The first-order valence-corrected chi connectivity index (χ1v) is 9.32. The van der Waals surface area contributed by atoms with Gasteiger partial charge in [0.25, 0.3) is 0 Å². The van der Waals surface area contributed by atoms with Crippen molar-refractivity contribution in [2.24, 2.45) is 11.0 Å². The number of carbonyl (C=O) groups is 1. The molecule has 3 aromatic carbocycles. The van der Waals surface area contributed by atoms with Crippen LogP contribution < -0.4 is 10.2 Å². The second-order valence-corrected chi connectivity index (χ2v) is 6.97. The lowest BCUT2D eigenvalue weighted by atomic mass is 9.85. The Kier molecular flexibility index (Phi) is 4.94. The normalized spacial score (nSPS) is 17.2. The molecule has 3 aromatic rings. The van der Waals surface area contributed by atoms with E-state index in [1.54, 1.807) is 13.3 Å². The number of hydrogen-bond donors (Lipinski definition) is 1. The maximum Gasteiger partial charge on any atom is 0.244 e. The average molecular weight is 370 g/mol. The maximum absolute atomic E-state index is 12.8. The number of nitrogens with zero attached hydrogens (tertiary/aromatic N) is 1. The Morgan fingerprint density at radius 3 is 2.25 bits per heavy atom. The topological polar surface area (TPSA) is 50.7 Å². The van der Waals surface area contributed by atoms with Gasteiger partial charge in [-0.3, -0.25) is 4.79 Å². The number of carbonyl (C=O) groups excluding carboxylic acids is 1. The van der Waals surface area contributed by atoms with Gasteiger partial charge in [0.1, 0.15) is 5.75 Å². The van der Waals surface area contributed by atoms with E-state index < -0.39 is 0 Å². The molecule has 28 heavy (non-hydrogen) atoms. The molecule has 0 radical (unpaired) electrons. The van der Waals surface area contributed by atoms with Crippen molar-refractivity contribution >= 4 is 12.1 Å². The molecule has 1 aliphatic rings. The standard InChI is InChI=1S/C24H22N2O2/c1-28-21-14-8-9-18(15-21)17-25-26-23(27)22-16-24(22,19-10-4-2-5-11-19)20-12-6-3-7-13-20/h2-15,17,22H,16H2,1H3,(H,26,27)/b25-17-/t22-/m1/s1. The van der Waals surface area contributed by atoms with Crippen molar-refractivity contribution in [2.75, 3.05) is 7.11 Å². The second kappa shape index (κ2) is 7.69. The first kappa shape index (κ1) is 18.0. The number of methoxy groups -OCH3 is 1. The van der Waals surface area contributed by atoms with Crippen LogP contribution in [-0.4, -0.2) is 19.2 Å². The summed E-state index contributed by atoms with van der Waals surface area (Å²) < 4.78 is 5.21. The highest BCUT2D eigenvalue weighted by Crippen LogP contribution is 2.58. The van der Waals surface area contributed by atoms with Crippen LogP contribution in [0.15, 0.2) is 90.0 Å². The minimum Gasteiger partial charge on any atom is -0.497 e. The zero-order chi connectivity index (χ0) is 19.4. The van der Waals surface area contributed by atoms with E-state index >= 15 is 0 Å². The lowest BCUT2D eigenvalue weighted by Crippen LogP contribution is -2.25. The van der Waals surface area contributed by atoms with Gasteiger partial charge in [0, 0.05) is 5.41 Å². The van der Waals surface area contributed by atoms with E-state index in [1.165, 1.54) is 0 Å². The molecule has 1 atom stereocenters. The van der Waals surface area contributed by atoms with E-state index in [0.29, 0.717) is 0 Å². The van der Waals surface area contributed by atoms with Gasteiger partial charge in [0.15, 0.2) is 0 Å². The van der Waals surface area contributed by atoms with Gasteiger partial charge in [-0.25, -0.2) is 5.43 Å². The van der Waals surface area contributed by atoms with E-state index in [9.17, 15) is 4.79 Å². The highest BCUT2D eigenvalue weighted by Gasteiger charge is 2.60. The third-order valence-corrected chi connectivity index (χ3v) is 5.34. The molecule has 4 nitrogen and oxygen atoms in total. The van der Waals surface area contributed by atoms with Crippen molar-refractivity contribution in [3.05, 3.63) is 102 Å². The Bertz CT molecular complexity index is 944. The predicted octanol–water partition coefficient (Wildman–Crippen LogP) is 4.15. The van der Waals surface area contributed by atoms with Gasteiger partial charge in [0.05, 0.1) is 19.2 Å². The molecule has 0 saturated heterocycles. The molecule has 0 aliphatic heterocycles. The average Bonchev–Trinajstić information content (AvgIpc) is 3.52. The van der Waals surface area contributed by atoms with Gasteiger partial charge in [-0.15, -0.1) is 0 Å². The van der Waals surface area contributed by atoms with Crippen LogP contribution in [-0.2, 0) is 10.2 Å². The lowest BCUT2D eigenvalue weighted by Gasteiger charge is -2.18. The molecule has 1 saturated carbocycles. The second-order valence-electron chi connectivity index (χ2n) is 6.97. The fourth-order valence-electron chi connectivity index (χ4n) is 3.83. The Labute approximate surface area is 164 Å². The van der Waals surface area contributed by atoms with Crippen LogP contribution in [0.25, 0.3) is 0 Å². The summed E-state index contributed by atoms with van der Waals surface area (Å²) in [5.74, 6) is 0.552. The minimum atomic E-state index is -0.280. The molecule has 0 bridgehead atoms. The number of amides is 1.